The van der Waals surface area contributed by atoms with Gasteiger partial charge < -0.3 is 14.7 Å². The van der Waals surface area contributed by atoms with Crippen molar-refractivity contribution in [2.24, 2.45) is 5.41 Å². The number of aryl methyl sites for hydroxylation is 2. The van der Waals surface area contributed by atoms with Crippen LogP contribution in [0.1, 0.15) is 42.8 Å². The summed E-state index contributed by atoms with van der Waals surface area (Å²) in [5.74, 6) is -0.880. The van der Waals surface area contributed by atoms with Gasteiger partial charge in [0.15, 0.2) is 0 Å². The van der Waals surface area contributed by atoms with Gasteiger partial charge in [0.25, 0.3) is 0 Å². The quantitative estimate of drug-likeness (QED) is 0.915. The first-order valence-electron chi connectivity index (χ1n) is 7.67. The molecule has 2 heterocycles. The number of aliphatic carboxylic acids is 1. The van der Waals surface area contributed by atoms with Crippen molar-refractivity contribution < 1.29 is 19.4 Å². The molecule has 2 rings (SSSR count). The summed E-state index contributed by atoms with van der Waals surface area (Å²) in [6.45, 7) is 9.85. The van der Waals surface area contributed by atoms with Crippen LogP contribution in [0.4, 0.5) is 4.79 Å². The topological polar surface area (TPSA) is 79.7 Å². The van der Waals surface area contributed by atoms with E-state index in [1.165, 1.54) is 16.2 Å². The molecular formula is C16H24N2O4S. The Balaban J connectivity index is 2.14. The first-order chi connectivity index (χ1) is 10.5. The van der Waals surface area contributed by atoms with Crippen LogP contribution in [-0.4, -0.2) is 45.7 Å². The molecule has 1 aliphatic rings. The molecule has 0 spiro atoms. The van der Waals surface area contributed by atoms with E-state index in [1.54, 1.807) is 20.8 Å². The highest BCUT2D eigenvalue weighted by Gasteiger charge is 2.47. The van der Waals surface area contributed by atoms with Gasteiger partial charge >= 0.3 is 12.1 Å². The summed E-state index contributed by atoms with van der Waals surface area (Å²) in [4.78, 5) is 31.1. The van der Waals surface area contributed by atoms with E-state index < -0.39 is 23.1 Å². The average Bonchev–Trinajstić information content (AvgIpc) is 2.94. The number of carbonyl (C=O) groups excluding carboxylic acids is 1. The Kier molecular flexibility index (Phi) is 4.71. The number of aromatic nitrogens is 1. The Morgan fingerprint density at radius 2 is 2.04 bits per heavy atom. The smallest absolute Gasteiger partial charge is 0.410 e. The van der Waals surface area contributed by atoms with Gasteiger partial charge in [0.05, 0.1) is 16.1 Å². The highest BCUT2D eigenvalue weighted by atomic mass is 32.1. The number of ether oxygens (including phenoxy) is 1. The van der Waals surface area contributed by atoms with Gasteiger partial charge in [0.1, 0.15) is 5.60 Å². The molecule has 6 nitrogen and oxygen atoms in total. The van der Waals surface area contributed by atoms with Crippen LogP contribution < -0.4 is 0 Å². The van der Waals surface area contributed by atoms with Crippen molar-refractivity contribution in [3.8, 4) is 0 Å². The molecule has 1 amide bonds. The van der Waals surface area contributed by atoms with E-state index in [9.17, 15) is 14.7 Å². The van der Waals surface area contributed by atoms with Crippen LogP contribution in [0.2, 0.25) is 0 Å². The maximum Gasteiger partial charge on any atom is 0.410 e. The zero-order valence-electron chi connectivity index (χ0n) is 14.3. The summed E-state index contributed by atoms with van der Waals surface area (Å²) in [5.41, 5.74) is -0.629. The van der Waals surface area contributed by atoms with Gasteiger partial charge in [-0.05, 0) is 41.0 Å². The van der Waals surface area contributed by atoms with Gasteiger partial charge in [-0.3, -0.25) is 4.79 Å². The van der Waals surface area contributed by atoms with Gasteiger partial charge in [-0.1, -0.05) is 0 Å². The number of hydrogen-bond donors (Lipinski definition) is 1. The predicted octanol–water partition coefficient (Wildman–Crippen LogP) is 3.01. The van der Waals surface area contributed by atoms with Gasteiger partial charge in [-0.25, -0.2) is 9.78 Å². The minimum Gasteiger partial charge on any atom is -0.481 e. The Morgan fingerprint density at radius 1 is 1.39 bits per heavy atom. The molecule has 1 atom stereocenters. The van der Waals surface area contributed by atoms with Crippen LogP contribution in [0.15, 0.2) is 0 Å². The SMILES string of the molecule is Cc1nc(CC2(C(=O)O)CCN(C(=O)OC(C)(C)C)C2)sc1C. The molecule has 1 saturated heterocycles. The Bertz CT molecular complexity index is 601. The van der Waals surface area contributed by atoms with Crippen LogP contribution >= 0.6 is 11.3 Å². The number of thiazole rings is 1. The lowest BCUT2D eigenvalue weighted by molar-refractivity contribution is -0.148. The summed E-state index contributed by atoms with van der Waals surface area (Å²) in [6, 6.07) is 0. The number of likely N-dealkylation sites (tertiary alicyclic amines) is 1. The summed E-state index contributed by atoms with van der Waals surface area (Å²) in [6.07, 6.45) is 0.312. The number of carbonyl (C=O) groups is 2. The lowest BCUT2D eigenvalue weighted by Crippen LogP contribution is -2.40. The monoisotopic (exact) mass is 340 g/mol. The second-order valence-electron chi connectivity index (χ2n) is 7.16. The van der Waals surface area contributed by atoms with E-state index in [4.69, 9.17) is 4.74 Å². The van der Waals surface area contributed by atoms with Crippen LogP contribution in [0.5, 0.6) is 0 Å². The Morgan fingerprint density at radius 3 is 2.52 bits per heavy atom. The molecule has 1 fully saturated rings. The summed E-state index contributed by atoms with van der Waals surface area (Å²) < 4.78 is 5.35. The fraction of sp³-hybridized carbons (Fsp3) is 0.688. The molecule has 0 saturated carbocycles. The van der Waals surface area contributed by atoms with Crippen molar-refractivity contribution in [2.75, 3.05) is 13.1 Å². The molecule has 0 radical (unpaired) electrons. The fourth-order valence-electron chi connectivity index (χ4n) is 2.65. The molecular weight excluding hydrogens is 316 g/mol. The van der Waals surface area contributed by atoms with E-state index in [2.05, 4.69) is 4.98 Å². The van der Waals surface area contributed by atoms with Crippen LogP contribution in [0.3, 0.4) is 0 Å². The molecule has 0 bridgehead atoms. The van der Waals surface area contributed by atoms with E-state index in [-0.39, 0.29) is 6.54 Å². The van der Waals surface area contributed by atoms with E-state index in [0.29, 0.717) is 19.4 Å². The van der Waals surface area contributed by atoms with Crippen molar-refractivity contribution >= 4 is 23.4 Å². The highest BCUT2D eigenvalue weighted by Crippen LogP contribution is 2.36. The van der Waals surface area contributed by atoms with Gasteiger partial charge in [0.2, 0.25) is 0 Å². The lowest BCUT2D eigenvalue weighted by atomic mass is 9.84. The van der Waals surface area contributed by atoms with Crippen molar-refractivity contribution in [3.63, 3.8) is 0 Å². The van der Waals surface area contributed by atoms with Gasteiger partial charge in [-0.15, -0.1) is 11.3 Å². The molecule has 1 aromatic rings. The van der Waals surface area contributed by atoms with E-state index in [0.717, 1.165) is 15.6 Å². The number of nitrogens with zero attached hydrogens (tertiary/aromatic N) is 2. The molecule has 1 N–H and O–H groups in total. The van der Waals surface area contributed by atoms with Crippen LogP contribution in [0.25, 0.3) is 0 Å². The minimum atomic E-state index is -0.979. The first kappa shape index (κ1) is 17.7. The minimum absolute atomic E-state index is 0.162. The third-order valence-electron chi connectivity index (χ3n) is 4.02. The fourth-order valence-corrected chi connectivity index (χ4v) is 3.73. The zero-order chi connectivity index (χ0) is 17.4. The number of carboxylic acid groups (broad SMARTS) is 1. The molecule has 1 aromatic heterocycles. The van der Waals surface area contributed by atoms with E-state index >= 15 is 0 Å². The van der Waals surface area contributed by atoms with Gasteiger partial charge in [0, 0.05) is 24.4 Å². The predicted molar refractivity (Wildman–Crippen MR) is 87.8 cm³/mol. The third-order valence-corrected chi connectivity index (χ3v) is 5.09. The summed E-state index contributed by atoms with van der Waals surface area (Å²) in [5, 5.41) is 10.5. The second-order valence-corrected chi connectivity index (χ2v) is 8.45. The normalized spacial score (nSPS) is 21.5. The van der Waals surface area contributed by atoms with Crippen molar-refractivity contribution in [3.05, 3.63) is 15.6 Å². The number of rotatable bonds is 3. The summed E-state index contributed by atoms with van der Waals surface area (Å²) in [7, 11) is 0. The molecule has 23 heavy (non-hydrogen) atoms. The first-order valence-corrected chi connectivity index (χ1v) is 8.48. The maximum atomic E-state index is 12.2. The third kappa shape index (κ3) is 4.02. The molecule has 1 unspecified atom stereocenters. The van der Waals surface area contributed by atoms with Crippen molar-refractivity contribution in [2.45, 2.75) is 53.1 Å². The van der Waals surface area contributed by atoms with Crippen molar-refractivity contribution in [1.29, 1.82) is 0 Å². The van der Waals surface area contributed by atoms with Crippen LogP contribution in [-0.2, 0) is 16.0 Å². The zero-order valence-corrected chi connectivity index (χ0v) is 15.1. The standard InChI is InChI=1S/C16H24N2O4S/c1-10-11(2)23-12(17-10)8-16(13(19)20)6-7-18(9-16)14(21)22-15(3,4)5/h6-9H2,1-5H3,(H,19,20). The van der Waals surface area contributed by atoms with Crippen molar-refractivity contribution in [1.82, 2.24) is 9.88 Å². The number of hydrogen-bond acceptors (Lipinski definition) is 5. The summed E-state index contributed by atoms with van der Waals surface area (Å²) >= 11 is 1.53. The Labute approximate surface area is 140 Å². The second kappa shape index (κ2) is 6.11. The molecule has 7 heteroatoms. The molecule has 0 aromatic carbocycles. The number of amides is 1. The van der Waals surface area contributed by atoms with E-state index in [1.807, 2.05) is 13.8 Å². The number of carboxylic acids is 1. The average molecular weight is 340 g/mol. The van der Waals surface area contributed by atoms with Gasteiger partial charge in [-0.2, -0.15) is 0 Å². The maximum absolute atomic E-state index is 12.2. The Hall–Kier alpha value is -1.63. The highest BCUT2D eigenvalue weighted by molar-refractivity contribution is 7.11. The largest absolute Gasteiger partial charge is 0.481 e. The molecule has 0 aliphatic carbocycles. The van der Waals surface area contributed by atoms with Crippen LogP contribution in [0, 0.1) is 19.3 Å². The lowest BCUT2D eigenvalue weighted by Gasteiger charge is -2.26. The molecule has 128 valence electrons. The molecule has 1 aliphatic heterocycles.